The van der Waals surface area contributed by atoms with Crippen LogP contribution in [0.4, 0.5) is 0 Å². The van der Waals surface area contributed by atoms with Crippen LogP contribution >= 0.6 is 0 Å². The van der Waals surface area contributed by atoms with E-state index in [0.29, 0.717) is 30.2 Å². The van der Waals surface area contributed by atoms with E-state index < -0.39 is 6.10 Å². The molecule has 0 aliphatic rings. The molecule has 0 saturated heterocycles. The molecule has 2 aromatic rings. The SMILES string of the molecule is C#CCOc1ccc(CCNC(=O)C(COc2ccc(C)cc2)OCC#C)cc1OC. The highest BCUT2D eigenvalue weighted by molar-refractivity contribution is 5.81. The number of amides is 1. The van der Waals surface area contributed by atoms with Crippen LogP contribution in [0.1, 0.15) is 11.1 Å². The average Bonchev–Trinajstić information content (AvgIpc) is 2.79. The molecule has 6 nitrogen and oxygen atoms in total. The number of ether oxygens (including phenoxy) is 4. The molecular formula is C25H27NO5. The molecule has 0 aromatic heterocycles. The van der Waals surface area contributed by atoms with E-state index in [-0.39, 0.29) is 25.7 Å². The zero-order valence-corrected chi connectivity index (χ0v) is 17.9. The first kappa shape index (κ1) is 23.7. The molecule has 1 amide bonds. The van der Waals surface area contributed by atoms with Gasteiger partial charge in [0, 0.05) is 6.54 Å². The van der Waals surface area contributed by atoms with Crippen molar-refractivity contribution in [2.45, 2.75) is 19.4 Å². The van der Waals surface area contributed by atoms with Gasteiger partial charge in [0.05, 0.1) is 7.11 Å². The minimum atomic E-state index is -0.813. The summed E-state index contributed by atoms with van der Waals surface area (Å²) in [6.07, 6.45) is 10.3. The fourth-order valence-corrected chi connectivity index (χ4v) is 2.70. The van der Waals surface area contributed by atoms with E-state index in [4.69, 9.17) is 31.8 Å². The molecular weight excluding hydrogens is 394 g/mol. The maximum atomic E-state index is 12.6. The summed E-state index contributed by atoms with van der Waals surface area (Å²) >= 11 is 0. The first-order chi connectivity index (χ1) is 15.1. The molecule has 1 N–H and O–H groups in total. The standard InChI is InChI=1S/C25H27NO5/c1-5-15-29-22-12-9-20(17-23(22)28-4)13-14-26-25(27)24(30-16-6-2)18-31-21-10-7-19(3)8-11-21/h1-2,7-12,17,24H,13-16,18H2,3-4H3,(H,26,27). The van der Waals surface area contributed by atoms with Crippen LogP contribution in [0.2, 0.25) is 0 Å². The third-order valence-corrected chi connectivity index (χ3v) is 4.33. The fourth-order valence-electron chi connectivity index (χ4n) is 2.70. The van der Waals surface area contributed by atoms with Crippen molar-refractivity contribution < 1.29 is 23.7 Å². The molecule has 1 unspecified atom stereocenters. The van der Waals surface area contributed by atoms with Gasteiger partial charge in [0.15, 0.2) is 17.6 Å². The Morgan fingerprint density at radius 2 is 1.77 bits per heavy atom. The van der Waals surface area contributed by atoms with Gasteiger partial charge >= 0.3 is 0 Å². The predicted molar refractivity (Wildman–Crippen MR) is 119 cm³/mol. The van der Waals surface area contributed by atoms with Crippen LogP contribution in [0.3, 0.4) is 0 Å². The summed E-state index contributed by atoms with van der Waals surface area (Å²) in [5, 5.41) is 2.86. The average molecular weight is 421 g/mol. The lowest BCUT2D eigenvalue weighted by atomic mass is 10.1. The van der Waals surface area contributed by atoms with Crippen LogP contribution in [0, 0.1) is 31.6 Å². The molecule has 0 fully saturated rings. The largest absolute Gasteiger partial charge is 0.493 e. The minimum Gasteiger partial charge on any atom is -0.493 e. The summed E-state index contributed by atoms with van der Waals surface area (Å²) < 4.78 is 21.9. The molecule has 0 bridgehead atoms. The van der Waals surface area contributed by atoms with Crippen LogP contribution in [-0.4, -0.2) is 45.5 Å². The number of hydrogen-bond acceptors (Lipinski definition) is 5. The highest BCUT2D eigenvalue weighted by Gasteiger charge is 2.19. The molecule has 0 heterocycles. The van der Waals surface area contributed by atoms with E-state index in [1.54, 1.807) is 13.2 Å². The summed E-state index contributed by atoms with van der Waals surface area (Å²) in [5.41, 5.74) is 2.10. The maximum absolute atomic E-state index is 12.6. The quantitative estimate of drug-likeness (QED) is 0.534. The molecule has 2 rings (SSSR count). The monoisotopic (exact) mass is 421 g/mol. The first-order valence-electron chi connectivity index (χ1n) is 9.82. The molecule has 0 aliphatic heterocycles. The van der Waals surface area contributed by atoms with Crippen LogP contribution in [0.25, 0.3) is 0 Å². The lowest BCUT2D eigenvalue weighted by Gasteiger charge is -2.17. The van der Waals surface area contributed by atoms with Crippen molar-refractivity contribution in [3.8, 4) is 41.9 Å². The number of terminal acetylenes is 2. The van der Waals surface area contributed by atoms with Crippen molar-refractivity contribution >= 4 is 5.91 Å². The van der Waals surface area contributed by atoms with Crippen LogP contribution in [0.15, 0.2) is 42.5 Å². The Kier molecular flexibility index (Phi) is 9.81. The van der Waals surface area contributed by atoms with E-state index >= 15 is 0 Å². The second-order valence-electron chi connectivity index (χ2n) is 6.65. The number of benzene rings is 2. The van der Waals surface area contributed by atoms with E-state index in [9.17, 15) is 4.79 Å². The Hall–Kier alpha value is -3.61. The lowest BCUT2D eigenvalue weighted by molar-refractivity contribution is -0.133. The number of hydrogen-bond donors (Lipinski definition) is 1. The predicted octanol–water partition coefficient (Wildman–Crippen LogP) is 2.77. The number of nitrogens with one attached hydrogen (secondary N) is 1. The maximum Gasteiger partial charge on any atom is 0.252 e. The third kappa shape index (κ3) is 7.97. The van der Waals surface area contributed by atoms with Gasteiger partial charge in [-0.3, -0.25) is 4.79 Å². The zero-order chi connectivity index (χ0) is 22.5. The summed E-state index contributed by atoms with van der Waals surface area (Å²) in [6.45, 7) is 2.64. The molecule has 0 radical (unpaired) electrons. The smallest absolute Gasteiger partial charge is 0.252 e. The van der Waals surface area contributed by atoms with Gasteiger partial charge in [-0.25, -0.2) is 0 Å². The van der Waals surface area contributed by atoms with Gasteiger partial charge in [-0.2, -0.15) is 0 Å². The Morgan fingerprint density at radius 1 is 1.03 bits per heavy atom. The number of carbonyl (C=O) groups excluding carboxylic acids is 1. The van der Waals surface area contributed by atoms with Crippen molar-refractivity contribution in [1.29, 1.82) is 0 Å². The summed E-state index contributed by atoms with van der Waals surface area (Å²) in [7, 11) is 1.56. The third-order valence-electron chi connectivity index (χ3n) is 4.33. The van der Waals surface area contributed by atoms with Gasteiger partial charge in [-0.1, -0.05) is 35.6 Å². The van der Waals surface area contributed by atoms with Crippen molar-refractivity contribution in [2.75, 3.05) is 33.5 Å². The Morgan fingerprint density at radius 3 is 2.45 bits per heavy atom. The van der Waals surface area contributed by atoms with Gasteiger partial charge in [0.2, 0.25) is 0 Å². The number of methoxy groups -OCH3 is 1. The summed E-state index contributed by atoms with van der Waals surface area (Å²) in [5.74, 6) is 6.32. The zero-order valence-electron chi connectivity index (χ0n) is 17.9. The Labute approximate surface area is 183 Å². The van der Waals surface area contributed by atoms with Crippen molar-refractivity contribution in [3.05, 3.63) is 53.6 Å². The van der Waals surface area contributed by atoms with Gasteiger partial charge in [0.25, 0.3) is 5.91 Å². The van der Waals surface area contributed by atoms with Crippen molar-refractivity contribution in [3.63, 3.8) is 0 Å². The van der Waals surface area contributed by atoms with E-state index in [2.05, 4.69) is 17.2 Å². The summed E-state index contributed by atoms with van der Waals surface area (Å²) in [4.78, 5) is 12.6. The molecule has 0 spiro atoms. The Balaban J connectivity index is 1.89. The van der Waals surface area contributed by atoms with Gasteiger partial charge < -0.3 is 24.3 Å². The van der Waals surface area contributed by atoms with Gasteiger partial charge in [-0.15, -0.1) is 12.8 Å². The molecule has 0 aliphatic carbocycles. The van der Waals surface area contributed by atoms with Gasteiger partial charge in [-0.05, 0) is 43.2 Å². The van der Waals surface area contributed by atoms with E-state index in [1.165, 1.54) is 0 Å². The van der Waals surface area contributed by atoms with Gasteiger partial charge in [0.1, 0.15) is 25.6 Å². The number of aryl methyl sites for hydroxylation is 1. The number of rotatable bonds is 12. The van der Waals surface area contributed by atoms with E-state index in [0.717, 1.165) is 11.1 Å². The van der Waals surface area contributed by atoms with Crippen LogP contribution < -0.4 is 19.5 Å². The van der Waals surface area contributed by atoms with Crippen LogP contribution in [-0.2, 0) is 16.0 Å². The molecule has 6 heteroatoms. The second kappa shape index (κ2) is 12.8. The highest BCUT2D eigenvalue weighted by Crippen LogP contribution is 2.28. The first-order valence-corrected chi connectivity index (χ1v) is 9.82. The van der Waals surface area contributed by atoms with Crippen molar-refractivity contribution in [1.82, 2.24) is 5.32 Å². The molecule has 31 heavy (non-hydrogen) atoms. The molecule has 1 atom stereocenters. The summed E-state index contributed by atoms with van der Waals surface area (Å²) in [6, 6.07) is 13.1. The fraction of sp³-hybridized carbons (Fsp3) is 0.320. The minimum absolute atomic E-state index is 0.0195. The van der Waals surface area contributed by atoms with Crippen LogP contribution in [0.5, 0.6) is 17.2 Å². The van der Waals surface area contributed by atoms with Crippen molar-refractivity contribution in [2.24, 2.45) is 0 Å². The van der Waals surface area contributed by atoms with E-state index in [1.807, 2.05) is 43.3 Å². The highest BCUT2D eigenvalue weighted by atomic mass is 16.5. The topological polar surface area (TPSA) is 66.0 Å². The lowest BCUT2D eigenvalue weighted by Crippen LogP contribution is -2.41. The normalized spacial score (nSPS) is 11.0. The second-order valence-corrected chi connectivity index (χ2v) is 6.65. The molecule has 162 valence electrons. The molecule has 2 aromatic carbocycles. The molecule has 0 saturated carbocycles. The number of carbonyl (C=O) groups is 1. The Bertz CT molecular complexity index is 924.